The molecule has 0 fully saturated rings. The molecule has 0 aromatic heterocycles. The Bertz CT molecular complexity index is 935. The molecule has 0 heterocycles. The highest BCUT2D eigenvalue weighted by atomic mass is 32.2. The van der Waals surface area contributed by atoms with Gasteiger partial charge in [0.1, 0.15) is 0 Å². The summed E-state index contributed by atoms with van der Waals surface area (Å²) in [5.41, 5.74) is 8.76. The molecule has 0 N–H and O–H groups in total. The molecular weight excluding hydrogens is 450 g/mol. The van der Waals surface area contributed by atoms with Crippen LogP contribution in [0.2, 0.25) is 0 Å². The van der Waals surface area contributed by atoms with Gasteiger partial charge in [0, 0.05) is 28.2 Å². The summed E-state index contributed by atoms with van der Waals surface area (Å²) in [6.07, 6.45) is 12.0. The van der Waals surface area contributed by atoms with Crippen LogP contribution in [-0.4, -0.2) is 27.5 Å². The lowest BCUT2D eigenvalue weighted by atomic mass is 9.93. The predicted molar refractivity (Wildman–Crippen MR) is 160 cm³/mol. The van der Waals surface area contributed by atoms with E-state index in [0.717, 1.165) is 36.1 Å². The number of hydrogen-bond donors (Lipinski definition) is 0. The van der Waals surface area contributed by atoms with Gasteiger partial charge in [0.05, 0.1) is 5.70 Å². The van der Waals surface area contributed by atoms with Gasteiger partial charge in [-0.25, -0.2) is 0 Å². The zero-order valence-electron chi connectivity index (χ0n) is 23.4. The van der Waals surface area contributed by atoms with E-state index in [4.69, 9.17) is 0 Å². The van der Waals surface area contributed by atoms with Gasteiger partial charge in [-0.1, -0.05) is 85.6 Å². The maximum Gasteiger partial charge on any atom is 0.0863 e. The Morgan fingerprint density at radius 1 is 1.06 bits per heavy atom. The van der Waals surface area contributed by atoms with Crippen molar-refractivity contribution >= 4 is 23.5 Å². The normalized spacial score (nSPS) is 16.3. The van der Waals surface area contributed by atoms with Crippen molar-refractivity contribution in [2.45, 2.75) is 97.1 Å². The van der Waals surface area contributed by atoms with E-state index in [1.807, 2.05) is 23.5 Å². The van der Waals surface area contributed by atoms with Crippen LogP contribution in [0.4, 0.5) is 0 Å². The monoisotopic (exact) mass is 497 g/mol. The predicted octanol–water partition coefficient (Wildman–Crippen LogP) is 10.00. The van der Waals surface area contributed by atoms with Crippen LogP contribution in [-0.2, 0) is 0 Å². The van der Waals surface area contributed by atoms with Crippen molar-refractivity contribution in [1.29, 1.82) is 0 Å². The highest BCUT2D eigenvalue weighted by Crippen LogP contribution is 2.38. The Hall–Kier alpha value is -1.54. The van der Waals surface area contributed by atoms with Gasteiger partial charge in [0.15, 0.2) is 0 Å². The summed E-state index contributed by atoms with van der Waals surface area (Å²) in [5.74, 6) is 0. The van der Waals surface area contributed by atoms with Gasteiger partial charge in [-0.05, 0) is 66.6 Å². The number of rotatable bonds is 10. The number of thioether (sulfide) groups is 2. The topological polar surface area (TPSA) is 3.24 Å². The molecule has 1 unspecified atom stereocenters. The van der Waals surface area contributed by atoms with E-state index in [-0.39, 0.29) is 15.5 Å². The van der Waals surface area contributed by atoms with E-state index in [1.165, 1.54) is 21.0 Å². The molecule has 0 bridgehead atoms. The first-order valence-electron chi connectivity index (χ1n) is 12.2. The lowest BCUT2D eigenvalue weighted by Crippen LogP contribution is -2.29. The van der Waals surface area contributed by atoms with Crippen molar-refractivity contribution in [3.05, 3.63) is 87.6 Å². The first-order valence-corrected chi connectivity index (χ1v) is 13.8. The van der Waals surface area contributed by atoms with Gasteiger partial charge in [-0.3, -0.25) is 0 Å². The SMILES string of the molecule is C=C=C(C(=C)C(C)=CC=C(C)SC(C)(C)C)N(C)C(C)CC(=C)C1=CC=C(SC(C)(C)C)CC1. The lowest BCUT2D eigenvalue weighted by Gasteiger charge is -2.31. The molecule has 0 saturated carbocycles. The van der Waals surface area contributed by atoms with Gasteiger partial charge in [-0.15, -0.1) is 29.3 Å². The lowest BCUT2D eigenvalue weighted by molar-refractivity contribution is 0.328. The van der Waals surface area contributed by atoms with Crippen LogP contribution < -0.4 is 0 Å². The van der Waals surface area contributed by atoms with Crippen LogP contribution in [0, 0.1) is 0 Å². The molecule has 1 atom stereocenters. The van der Waals surface area contributed by atoms with Crippen molar-refractivity contribution in [2.75, 3.05) is 7.05 Å². The molecule has 1 nitrogen and oxygen atoms in total. The molecule has 0 aromatic carbocycles. The van der Waals surface area contributed by atoms with Crippen LogP contribution in [0.1, 0.15) is 81.6 Å². The molecule has 0 amide bonds. The Labute approximate surface area is 219 Å². The number of allylic oxidation sites excluding steroid dienone is 8. The van der Waals surface area contributed by atoms with Crippen molar-refractivity contribution in [2.24, 2.45) is 0 Å². The molecule has 0 aromatic rings. The smallest absolute Gasteiger partial charge is 0.0863 e. The average molecular weight is 498 g/mol. The fraction of sp³-hybridized carbons (Fsp3) is 0.516. The van der Waals surface area contributed by atoms with Gasteiger partial charge >= 0.3 is 0 Å². The summed E-state index contributed by atoms with van der Waals surface area (Å²) in [4.78, 5) is 4.99. The maximum atomic E-state index is 4.42. The molecule has 1 aliphatic carbocycles. The van der Waals surface area contributed by atoms with E-state index >= 15 is 0 Å². The third-order valence-corrected chi connectivity index (χ3v) is 7.81. The van der Waals surface area contributed by atoms with Crippen LogP contribution >= 0.6 is 23.5 Å². The molecule has 3 heteroatoms. The molecule has 0 radical (unpaired) electrons. The molecule has 1 aliphatic rings. The summed E-state index contributed by atoms with van der Waals surface area (Å²) in [6, 6.07) is 0.269. The van der Waals surface area contributed by atoms with E-state index in [2.05, 4.69) is 124 Å². The molecule has 188 valence electrons. The second-order valence-corrected chi connectivity index (χ2v) is 15.2. The summed E-state index contributed by atoms with van der Waals surface area (Å²) in [6.45, 7) is 32.8. The first kappa shape index (κ1) is 30.5. The third kappa shape index (κ3) is 10.8. The largest absolute Gasteiger partial charge is 0.365 e. The fourth-order valence-electron chi connectivity index (χ4n) is 3.73. The van der Waals surface area contributed by atoms with Crippen LogP contribution in [0.3, 0.4) is 0 Å². The quantitative estimate of drug-likeness (QED) is 0.218. The zero-order valence-corrected chi connectivity index (χ0v) is 25.0. The minimum atomic E-state index is 0.208. The second kappa shape index (κ2) is 13.0. The summed E-state index contributed by atoms with van der Waals surface area (Å²) < 4.78 is 0.466. The van der Waals surface area contributed by atoms with Crippen molar-refractivity contribution in [1.82, 2.24) is 4.90 Å². The highest BCUT2D eigenvalue weighted by Gasteiger charge is 2.20. The average Bonchev–Trinajstić information content (AvgIpc) is 2.70. The minimum absolute atomic E-state index is 0.208. The van der Waals surface area contributed by atoms with E-state index < -0.39 is 0 Å². The first-order chi connectivity index (χ1) is 15.5. The Balaban J connectivity index is 2.85. The maximum absolute atomic E-state index is 4.42. The standard InChI is InChI=1S/C31H47NS2/c1-14-29(26(6)22(2)15-16-25(5)33-30(7,8)9)32(13)24(4)21-23(3)27-17-19-28(20-18-27)34-31(10,11)12/h15-17,19,24H,1,3,6,18,20-21H2,2,4-5,7-13H3. The molecule has 1 rings (SSSR count). The van der Waals surface area contributed by atoms with E-state index in [1.54, 1.807) is 0 Å². The number of hydrogen-bond acceptors (Lipinski definition) is 3. The van der Waals surface area contributed by atoms with Gasteiger partial charge in [0.2, 0.25) is 0 Å². The van der Waals surface area contributed by atoms with Crippen molar-refractivity contribution in [3.63, 3.8) is 0 Å². The zero-order chi connectivity index (χ0) is 26.3. The summed E-state index contributed by atoms with van der Waals surface area (Å²) >= 11 is 3.85. The molecule has 0 saturated heterocycles. The summed E-state index contributed by atoms with van der Waals surface area (Å²) in [5, 5.41) is 0. The van der Waals surface area contributed by atoms with Crippen molar-refractivity contribution < 1.29 is 0 Å². The Morgan fingerprint density at radius 2 is 1.68 bits per heavy atom. The highest BCUT2D eigenvalue weighted by molar-refractivity contribution is 8.04. The van der Waals surface area contributed by atoms with Gasteiger partial charge < -0.3 is 4.90 Å². The van der Waals surface area contributed by atoms with Crippen LogP contribution in [0.25, 0.3) is 0 Å². The number of nitrogens with zero attached hydrogens (tertiary/aromatic N) is 1. The fourth-order valence-corrected chi connectivity index (χ4v) is 5.96. The van der Waals surface area contributed by atoms with Crippen LogP contribution in [0.5, 0.6) is 0 Å². The molecule has 0 spiro atoms. The Kier molecular flexibility index (Phi) is 11.6. The van der Waals surface area contributed by atoms with E-state index in [9.17, 15) is 0 Å². The Morgan fingerprint density at radius 3 is 2.15 bits per heavy atom. The van der Waals surface area contributed by atoms with E-state index in [0.29, 0.717) is 0 Å². The molecule has 0 aliphatic heterocycles. The summed E-state index contributed by atoms with van der Waals surface area (Å²) in [7, 11) is 2.10. The van der Waals surface area contributed by atoms with Gasteiger partial charge in [0.25, 0.3) is 0 Å². The number of likely N-dealkylation sites (N-methyl/N-ethyl adjacent to an activating group) is 1. The van der Waals surface area contributed by atoms with Crippen LogP contribution in [0.15, 0.2) is 87.6 Å². The molecule has 34 heavy (non-hydrogen) atoms. The van der Waals surface area contributed by atoms with Crippen molar-refractivity contribution in [3.8, 4) is 0 Å². The molecular formula is C31H47NS2. The third-order valence-electron chi connectivity index (χ3n) is 5.52. The minimum Gasteiger partial charge on any atom is -0.365 e. The second-order valence-electron chi connectivity index (χ2n) is 11.2. The van der Waals surface area contributed by atoms with Gasteiger partial charge in [-0.2, -0.15) is 0 Å².